The van der Waals surface area contributed by atoms with Gasteiger partial charge in [0.05, 0.1) is 30.0 Å². The van der Waals surface area contributed by atoms with Gasteiger partial charge < -0.3 is 10.4 Å². The minimum absolute atomic E-state index is 0.166. The molecule has 1 amide bonds. The molecule has 0 radical (unpaired) electrons. The largest absolute Gasteiger partial charge is 0.480 e. The molecule has 0 aromatic carbocycles. The Balaban J connectivity index is 1.94. The molecule has 0 fully saturated rings. The second kappa shape index (κ2) is 5.96. The first-order valence-corrected chi connectivity index (χ1v) is 6.70. The lowest BCUT2D eigenvalue weighted by Crippen LogP contribution is -2.24. The number of amides is 1. The zero-order chi connectivity index (χ0) is 16.3. The van der Waals surface area contributed by atoms with Crippen LogP contribution in [0.3, 0.4) is 0 Å². The molecule has 22 heavy (non-hydrogen) atoms. The third kappa shape index (κ3) is 3.90. The number of hydrogen-bond donors (Lipinski definition) is 2. The normalized spacial score (nSPS) is 11.4. The molecule has 0 aliphatic rings. The summed E-state index contributed by atoms with van der Waals surface area (Å²) in [6.45, 7) is 5.87. The van der Waals surface area contributed by atoms with Crippen LogP contribution in [0.25, 0.3) is 0 Å². The average Bonchev–Trinajstić information content (AvgIpc) is 3.03. The number of carboxylic acids is 1. The summed E-state index contributed by atoms with van der Waals surface area (Å²) < 4.78 is 2.91. The topological polar surface area (TPSA) is 115 Å². The van der Waals surface area contributed by atoms with Crippen molar-refractivity contribution in [1.82, 2.24) is 30.1 Å². The zero-order valence-corrected chi connectivity index (χ0v) is 12.6. The monoisotopic (exact) mass is 306 g/mol. The number of rotatable bonds is 5. The molecule has 2 N–H and O–H groups in total. The van der Waals surface area contributed by atoms with Crippen LogP contribution < -0.4 is 5.32 Å². The smallest absolute Gasteiger partial charge is 0.325 e. The summed E-state index contributed by atoms with van der Waals surface area (Å²) in [4.78, 5) is 22.6. The van der Waals surface area contributed by atoms with E-state index in [1.807, 2.05) is 20.8 Å². The maximum absolute atomic E-state index is 12.0. The molecule has 0 bridgehead atoms. The maximum Gasteiger partial charge on any atom is 0.325 e. The highest BCUT2D eigenvalue weighted by molar-refractivity contribution is 5.93. The van der Waals surface area contributed by atoms with Gasteiger partial charge in [-0.2, -0.15) is 5.10 Å². The molecule has 0 saturated carbocycles. The Bertz CT molecular complexity index is 682. The van der Waals surface area contributed by atoms with E-state index in [4.69, 9.17) is 5.11 Å². The minimum atomic E-state index is -1.00. The van der Waals surface area contributed by atoms with Gasteiger partial charge in [-0.15, -0.1) is 5.10 Å². The minimum Gasteiger partial charge on any atom is -0.480 e. The van der Waals surface area contributed by atoms with Crippen LogP contribution in [0.5, 0.6) is 0 Å². The van der Waals surface area contributed by atoms with Crippen LogP contribution in [0.2, 0.25) is 0 Å². The van der Waals surface area contributed by atoms with E-state index < -0.39 is 5.97 Å². The molecule has 9 heteroatoms. The molecule has 9 nitrogen and oxygen atoms in total. The number of nitrogens with one attached hydrogen (secondary N) is 1. The van der Waals surface area contributed by atoms with Gasteiger partial charge in [-0.1, -0.05) is 5.21 Å². The summed E-state index contributed by atoms with van der Waals surface area (Å²) in [7, 11) is 0. The Morgan fingerprint density at radius 2 is 2.05 bits per heavy atom. The van der Waals surface area contributed by atoms with Crippen molar-refractivity contribution in [3.8, 4) is 0 Å². The molecule has 0 aliphatic carbocycles. The lowest BCUT2D eigenvalue weighted by Gasteiger charge is -2.18. The van der Waals surface area contributed by atoms with Gasteiger partial charge in [0.15, 0.2) is 0 Å². The molecular weight excluding hydrogens is 288 g/mol. The maximum atomic E-state index is 12.0. The predicted octanol–water partition coefficient (Wildman–Crippen LogP) is 0.244. The molecule has 0 spiro atoms. The van der Waals surface area contributed by atoms with E-state index >= 15 is 0 Å². The van der Waals surface area contributed by atoms with Crippen molar-refractivity contribution in [3.63, 3.8) is 0 Å². The number of carbonyl (C=O) groups is 2. The highest BCUT2D eigenvalue weighted by Crippen LogP contribution is 2.13. The summed E-state index contributed by atoms with van der Waals surface area (Å²) in [5.74, 6) is -1.28. The standard InChI is InChI=1S/C13H18N6O3/c1-13(2,3)19-6-9(4-15-19)12(22)14-5-10-7-18(17-16-10)8-11(20)21/h4,6-7H,5,8H2,1-3H3,(H,14,22)(H,20,21). The van der Waals surface area contributed by atoms with Gasteiger partial charge in [0.25, 0.3) is 5.91 Å². The number of carbonyl (C=O) groups excluding carboxylic acids is 1. The molecule has 2 aromatic rings. The van der Waals surface area contributed by atoms with Gasteiger partial charge in [0, 0.05) is 6.20 Å². The Morgan fingerprint density at radius 3 is 2.64 bits per heavy atom. The van der Waals surface area contributed by atoms with E-state index in [1.165, 1.54) is 17.1 Å². The third-order valence-corrected chi connectivity index (χ3v) is 2.85. The fourth-order valence-electron chi connectivity index (χ4n) is 1.72. The first kappa shape index (κ1) is 15.7. The first-order chi connectivity index (χ1) is 10.3. The van der Waals surface area contributed by atoms with Crippen molar-refractivity contribution >= 4 is 11.9 Å². The molecule has 2 rings (SSSR count). The summed E-state index contributed by atoms with van der Waals surface area (Å²) in [6.07, 6.45) is 4.66. The van der Waals surface area contributed by atoms with E-state index in [0.717, 1.165) is 0 Å². The van der Waals surface area contributed by atoms with Gasteiger partial charge in [-0.05, 0) is 20.8 Å². The van der Waals surface area contributed by atoms with E-state index in [0.29, 0.717) is 11.3 Å². The molecule has 118 valence electrons. The van der Waals surface area contributed by atoms with Crippen molar-refractivity contribution in [2.75, 3.05) is 0 Å². The fraction of sp³-hybridized carbons (Fsp3) is 0.462. The molecule has 2 heterocycles. The Kier molecular flexibility index (Phi) is 4.25. The van der Waals surface area contributed by atoms with Gasteiger partial charge in [0.1, 0.15) is 12.2 Å². The highest BCUT2D eigenvalue weighted by atomic mass is 16.4. The van der Waals surface area contributed by atoms with Crippen LogP contribution >= 0.6 is 0 Å². The van der Waals surface area contributed by atoms with E-state index in [-0.39, 0.29) is 24.5 Å². The number of carboxylic acid groups (broad SMARTS) is 1. The van der Waals surface area contributed by atoms with Crippen molar-refractivity contribution in [3.05, 3.63) is 29.8 Å². The predicted molar refractivity (Wildman–Crippen MR) is 76.1 cm³/mol. The van der Waals surface area contributed by atoms with Crippen LogP contribution in [-0.4, -0.2) is 41.8 Å². The Labute approximate surface area is 126 Å². The molecular formula is C13H18N6O3. The number of nitrogens with zero attached hydrogens (tertiary/aromatic N) is 5. The van der Waals surface area contributed by atoms with Crippen molar-refractivity contribution < 1.29 is 14.7 Å². The number of aromatic nitrogens is 5. The first-order valence-electron chi connectivity index (χ1n) is 6.70. The molecule has 0 unspecified atom stereocenters. The van der Waals surface area contributed by atoms with E-state index in [9.17, 15) is 9.59 Å². The number of aliphatic carboxylic acids is 1. The summed E-state index contributed by atoms with van der Waals surface area (Å²) in [5.41, 5.74) is 0.739. The fourth-order valence-corrected chi connectivity index (χ4v) is 1.72. The lowest BCUT2D eigenvalue weighted by molar-refractivity contribution is -0.137. The van der Waals surface area contributed by atoms with Crippen LogP contribution in [-0.2, 0) is 23.4 Å². The van der Waals surface area contributed by atoms with Crippen LogP contribution in [0.4, 0.5) is 0 Å². The van der Waals surface area contributed by atoms with Crippen molar-refractivity contribution in [2.24, 2.45) is 0 Å². The van der Waals surface area contributed by atoms with Gasteiger partial charge in [-0.25, -0.2) is 4.68 Å². The van der Waals surface area contributed by atoms with Crippen molar-refractivity contribution in [1.29, 1.82) is 0 Å². The summed E-state index contributed by atoms with van der Waals surface area (Å²) >= 11 is 0. The molecule has 0 aliphatic heterocycles. The molecule has 0 saturated heterocycles. The SMILES string of the molecule is CC(C)(C)n1cc(C(=O)NCc2cn(CC(=O)O)nn2)cn1. The Morgan fingerprint density at radius 1 is 1.32 bits per heavy atom. The Hall–Kier alpha value is -2.71. The van der Waals surface area contributed by atoms with E-state index in [1.54, 1.807) is 10.9 Å². The average molecular weight is 306 g/mol. The van der Waals surface area contributed by atoms with Crippen LogP contribution in [0, 0.1) is 0 Å². The quantitative estimate of drug-likeness (QED) is 0.818. The van der Waals surface area contributed by atoms with Crippen LogP contribution in [0.15, 0.2) is 18.6 Å². The van der Waals surface area contributed by atoms with E-state index in [2.05, 4.69) is 20.7 Å². The van der Waals surface area contributed by atoms with Gasteiger partial charge >= 0.3 is 5.97 Å². The summed E-state index contributed by atoms with van der Waals surface area (Å²) in [6, 6.07) is 0. The second-order valence-electron chi connectivity index (χ2n) is 5.83. The van der Waals surface area contributed by atoms with Gasteiger partial charge in [0.2, 0.25) is 0 Å². The molecule has 0 atom stereocenters. The third-order valence-electron chi connectivity index (χ3n) is 2.85. The zero-order valence-electron chi connectivity index (χ0n) is 12.6. The highest BCUT2D eigenvalue weighted by Gasteiger charge is 2.16. The second-order valence-corrected chi connectivity index (χ2v) is 5.83. The van der Waals surface area contributed by atoms with Gasteiger partial charge in [-0.3, -0.25) is 14.3 Å². The lowest BCUT2D eigenvalue weighted by atomic mass is 10.1. The van der Waals surface area contributed by atoms with Crippen LogP contribution in [0.1, 0.15) is 36.8 Å². The summed E-state index contributed by atoms with van der Waals surface area (Å²) in [5, 5.41) is 22.9. The number of hydrogen-bond acceptors (Lipinski definition) is 5. The molecule has 2 aromatic heterocycles. The van der Waals surface area contributed by atoms with Crippen molar-refractivity contribution in [2.45, 2.75) is 39.4 Å².